The highest BCUT2D eigenvalue weighted by atomic mass is 15.1. The number of likely N-dealkylation sites (tertiary alicyclic amines) is 1. The third-order valence-corrected chi connectivity index (χ3v) is 3.25. The molecule has 0 saturated carbocycles. The Morgan fingerprint density at radius 1 is 1.47 bits per heavy atom. The third-order valence-electron chi connectivity index (χ3n) is 3.25. The van der Waals surface area contributed by atoms with E-state index in [9.17, 15) is 0 Å². The fourth-order valence-corrected chi connectivity index (χ4v) is 2.30. The van der Waals surface area contributed by atoms with Crippen LogP contribution in [0.5, 0.6) is 0 Å². The van der Waals surface area contributed by atoms with Crippen LogP contribution in [0.1, 0.15) is 33.1 Å². The quantitative estimate of drug-likeness (QED) is 0.677. The number of rotatable bonds is 6. The molecule has 1 heterocycles. The molecule has 1 fully saturated rings. The second-order valence-corrected chi connectivity index (χ2v) is 4.68. The van der Waals surface area contributed by atoms with E-state index in [0.717, 1.165) is 25.6 Å². The van der Waals surface area contributed by atoms with Gasteiger partial charge >= 0.3 is 0 Å². The number of hydrogen-bond acceptors (Lipinski definition) is 2. The Hall–Kier alpha value is -0.340. The molecule has 15 heavy (non-hydrogen) atoms. The van der Waals surface area contributed by atoms with Crippen molar-refractivity contribution >= 4 is 0 Å². The molecule has 1 unspecified atom stereocenters. The smallest absolute Gasteiger partial charge is 0.0202 e. The molecule has 0 aromatic rings. The Kier molecular flexibility index (Phi) is 5.96. The lowest BCUT2D eigenvalue weighted by molar-refractivity contribution is 0.183. The lowest BCUT2D eigenvalue weighted by Gasteiger charge is -2.32. The summed E-state index contributed by atoms with van der Waals surface area (Å²) >= 11 is 0. The number of nitrogens with one attached hydrogen (secondary N) is 1. The van der Waals surface area contributed by atoms with E-state index in [1.165, 1.54) is 37.9 Å². The van der Waals surface area contributed by atoms with Crippen LogP contribution in [0.3, 0.4) is 0 Å². The molecule has 0 aromatic heterocycles. The van der Waals surface area contributed by atoms with Crippen LogP contribution in [-0.2, 0) is 0 Å². The van der Waals surface area contributed by atoms with Crippen LogP contribution in [0.25, 0.3) is 0 Å². The SMILES string of the molecule is C=C(CNCC)CN1CCCC(CC)C1. The average molecular weight is 210 g/mol. The molecule has 1 N–H and O–H groups in total. The fourth-order valence-electron chi connectivity index (χ4n) is 2.30. The van der Waals surface area contributed by atoms with Crippen molar-refractivity contribution in [1.29, 1.82) is 0 Å². The molecule has 0 amide bonds. The van der Waals surface area contributed by atoms with Gasteiger partial charge in [-0.3, -0.25) is 4.90 Å². The van der Waals surface area contributed by atoms with E-state index in [4.69, 9.17) is 0 Å². The van der Waals surface area contributed by atoms with Crippen LogP contribution in [0.4, 0.5) is 0 Å². The topological polar surface area (TPSA) is 15.3 Å². The standard InChI is InChI=1S/C13H26N2/c1-4-13-7-6-8-15(11-13)10-12(3)9-14-5-2/h13-14H,3-11H2,1-2H3. The molecule has 1 rings (SSSR count). The van der Waals surface area contributed by atoms with Gasteiger partial charge in [0.25, 0.3) is 0 Å². The first-order valence-electron chi connectivity index (χ1n) is 6.36. The lowest BCUT2D eigenvalue weighted by atomic mass is 9.95. The Morgan fingerprint density at radius 2 is 2.27 bits per heavy atom. The number of piperidine rings is 1. The minimum absolute atomic E-state index is 0.922. The molecule has 2 heteroatoms. The molecule has 1 aliphatic heterocycles. The second-order valence-electron chi connectivity index (χ2n) is 4.68. The van der Waals surface area contributed by atoms with Gasteiger partial charge in [-0.25, -0.2) is 0 Å². The molecule has 0 spiro atoms. The van der Waals surface area contributed by atoms with Gasteiger partial charge in [0.15, 0.2) is 0 Å². The lowest BCUT2D eigenvalue weighted by Crippen LogP contribution is -2.37. The van der Waals surface area contributed by atoms with Gasteiger partial charge in [-0.15, -0.1) is 0 Å². The molecular weight excluding hydrogens is 184 g/mol. The molecule has 88 valence electrons. The maximum absolute atomic E-state index is 4.13. The number of hydrogen-bond donors (Lipinski definition) is 1. The summed E-state index contributed by atoms with van der Waals surface area (Å²) < 4.78 is 0. The predicted molar refractivity (Wildman–Crippen MR) is 67.1 cm³/mol. The van der Waals surface area contributed by atoms with Crippen LogP contribution in [-0.4, -0.2) is 37.6 Å². The van der Waals surface area contributed by atoms with Crippen molar-refractivity contribution in [1.82, 2.24) is 10.2 Å². The van der Waals surface area contributed by atoms with Gasteiger partial charge in [0.1, 0.15) is 0 Å². The summed E-state index contributed by atoms with van der Waals surface area (Å²) in [6, 6.07) is 0. The summed E-state index contributed by atoms with van der Waals surface area (Å²) in [6.45, 7) is 14.2. The monoisotopic (exact) mass is 210 g/mol. The van der Waals surface area contributed by atoms with E-state index in [1.54, 1.807) is 0 Å². The molecule has 0 bridgehead atoms. The van der Waals surface area contributed by atoms with Gasteiger partial charge in [0.2, 0.25) is 0 Å². The van der Waals surface area contributed by atoms with E-state index in [0.29, 0.717) is 0 Å². The summed E-state index contributed by atoms with van der Waals surface area (Å²) in [5, 5.41) is 3.34. The van der Waals surface area contributed by atoms with Crippen molar-refractivity contribution in [2.45, 2.75) is 33.1 Å². The van der Waals surface area contributed by atoms with Gasteiger partial charge in [-0.05, 0) is 37.4 Å². The molecule has 2 nitrogen and oxygen atoms in total. The number of likely N-dealkylation sites (N-methyl/N-ethyl adjacent to an activating group) is 1. The predicted octanol–water partition coefficient (Wildman–Crippen LogP) is 2.27. The molecule has 0 radical (unpaired) electrons. The summed E-state index contributed by atoms with van der Waals surface area (Å²) in [4.78, 5) is 2.57. The highest BCUT2D eigenvalue weighted by Gasteiger charge is 2.18. The van der Waals surface area contributed by atoms with E-state index in [-0.39, 0.29) is 0 Å². The summed E-state index contributed by atoms with van der Waals surface area (Å²) in [7, 11) is 0. The normalized spacial score (nSPS) is 22.9. The molecule has 0 aromatic carbocycles. The van der Waals surface area contributed by atoms with Gasteiger partial charge in [0.05, 0.1) is 0 Å². The second kappa shape index (κ2) is 7.02. The minimum atomic E-state index is 0.922. The van der Waals surface area contributed by atoms with Crippen molar-refractivity contribution in [2.75, 3.05) is 32.7 Å². The number of nitrogens with zero attached hydrogens (tertiary/aromatic N) is 1. The largest absolute Gasteiger partial charge is 0.313 e. The summed E-state index contributed by atoms with van der Waals surface area (Å²) in [5.74, 6) is 0.922. The van der Waals surface area contributed by atoms with Crippen LogP contribution in [0.15, 0.2) is 12.2 Å². The van der Waals surface area contributed by atoms with Gasteiger partial charge in [0, 0.05) is 19.6 Å². The Labute approximate surface area is 94.7 Å². The molecule has 1 aliphatic rings. The van der Waals surface area contributed by atoms with Crippen LogP contribution in [0, 0.1) is 5.92 Å². The van der Waals surface area contributed by atoms with Gasteiger partial charge in [-0.2, -0.15) is 0 Å². The molecule has 0 aliphatic carbocycles. The first-order valence-corrected chi connectivity index (χ1v) is 6.36. The van der Waals surface area contributed by atoms with Crippen molar-refractivity contribution in [3.05, 3.63) is 12.2 Å². The van der Waals surface area contributed by atoms with E-state index < -0.39 is 0 Å². The van der Waals surface area contributed by atoms with Crippen molar-refractivity contribution < 1.29 is 0 Å². The van der Waals surface area contributed by atoms with E-state index >= 15 is 0 Å². The maximum atomic E-state index is 4.13. The minimum Gasteiger partial charge on any atom is -0.313 e. The molecule has 1 saturated heterocycles. The third kappa shape index (κ3) is 4.80. The van der Waals surface area contributed by atoms with Crippen LogP contribution in [0.2, 0.25) is 0 Å². The van der Waals surface area contributed by atoms with Crippen molar-refractivity contribution in [2.24, 2.45) is 5.92 Å². The van der Waals surface area contributed by atoms with Gasteiger partial charge < -0.3 is 5.32 Å². The summed E-state index contributed by atoms with van der Waals surface area (Å²) in [5.41, 5.74) is 1.33. The average Bonchev–Trinajstić information content (AvgIpc) is 2.26. The van der Waals surface area contributed by atoms with E-state index in [2.05, 4.69) is 30.6 Å². The van der Waals surface area contributed by atoms with Crippen LogP contribution < -0.4 is 5.32 Å². The van der Waals surface area contributed by atoms with Crippen molar-refractivity contribution in [3.8, 4) is 0 Å². The first kappa shape index (κ1) is 12.7. The Balaban J connectivity index is 2.22. The highest BCUT2D eigenvalue weighted by molar-refractivity contribution is 5.00. The van der Waals surface area contributed by atoms with E-state index in [1.807, 2.05) is 0 Å². The van der Waals surface area contributed by atoms with Crippen molar-refractivity contribution in [3.63, 3.8) is 0 Å². The Morgan fingerprint density at radius 3 is 2.93 bits per heavy atom. The van der Waals surface area contributed by atoms with Crippen LogP contribution >= 0.6 is 0 Å². The van der Waals surface area contributed by atoms with Gasteiger partial charge in [-0.1, -0.05) is 26.8 Å². The zero-order chi connectivity index (χ0) is 11.1. The molecule has 1 atom stereocenters. The Bertz CT molecular complexity index is 189. The zero-order valence-corrected chi connectivity index (χ0v) is 10.4. The zero-order valence-electron chi connectivity index (χ0n) is 10.4. The highest BCUT2D eigenvalue weighted by Crippen LogP contribution is 2.19. The molecular formula is C13H26N2. The maximum Gasteiger partial charge on any atom is 0.0202 e. The fraction of sp³-hybridized carbons (Fsp3) is 0.846. The first-order chi connectivity index (χ1) is 7.26. The summed E-state index contributed by atoms with van der Waals surface area (Å²) in [6.07, 6.45) is 4.12.